The van der Waals surface area contributed by atoms with E-state index in [-0.39, 0.29) is 18.0 Å². The zero-order valence-corrected chi connectivity index (χ0v) is 16.6. The van der Waals surface area contributed by atoms with Gasteiger partial charge in [-0.2, -0.15) is 0 Å². The Bertz CT molecular complexity index is 1120. The van der Waals surface area contributed by atoms with Crippen molar-refractivity contribution in [1.29, 1.82) is 0 Å². The summed E-state index contributed by atoms with van der Waals surface area (Å²) < 4.78 is 28.6. The third kappa shape index (κ3) is 5.65. The summed E-state index contributed by atoms with van der Waals surface area (Å²) in [5, 5.41) is 0. The highest BCUT2D eigenvalue weighted by Crippen LogP contribution is 2.12. The van der Waals surface area contributed by atoms with Gasteiger partial charge in [0.25, 0.3) is 5.56 Å². The molecular weight excluding hydrogens is 388 g/mol. The Kier molecular flexibility index (Phi) is 6.61. The normalized spacial score (nSPS) is 11.2. The van der Waals surface area contributed by atoms with Crippen LogP contribution in [0.25, 0.3) is 0 Å². The highest BCUT2D eigenvalue weighted by molar-refractivity contribution is 7.92. The van der Waals surface area contributed by atoms with Crippen LogP contribution in [0.1, 0.15) is 16.8 Å². The first-order chi connectivity index (χ1) is 14.0. The van der Waals surface area contributed by atoms with E-state index in [2.05, 4.69) is 4.72 Å². The van der Waals surface area contributed by atoms with Crippen molar-refractivity contribution in [2.75, 3.05) is 10.5 Å². The van der Waals surface area contributed by atoms with Crippen molar-refractivity contribution in [2.24, 2.45) is 0 Å². The third-order valence-corrected chi connectivity index (χ3v) is 5.79. The molecule has 0 fully saturated rings. The Balaban J connectivity index is 1.81. The van der Waals surface area contributed by atoms with Gasteiger partial charge in [0.2, 0.25) is 10.0 Å². The smallest absolute Gasteiger partial charge is 0.275 e. The van der Waals surface area contributed by atoms with Crippen molar-refractivity contribution >= 4 is 22.0 Å². The molecule has 0 radical (unpaired) electrons. The van der Waals surface area contributed by atoms with E-state index in [9.17, 15) is 18.0 Å². The minimum atomic E-state index is -3.71. The molecule has 0 aliphatic rings. The van der Waals surface area contributed by atoms with Crippen molar-refractivity contribution in [3.8, 4) is 0 Å². The lowest BCUT2D eigenvalue weighted by molar-refractivity contribution is -0.108. The predicted octanol–water partition coefficient (Wildman–Crippen LogP) is 2.62. The zero-order valence-electron chi connectivity index (χ0n) is 15.8. The number of hydrogen-bond donors (Lipinski definition) is 1. The van der Waals surface area contributed by atoms with E-state index in [0.717, 1.165) is 11.1 Å². The average molecular weight is 410 g/mol. The Morgan fingerprint density at radius 1 is 0.862 bits per heavy atom. The number of nitrogens with zero attached hydrogens (tertiary/aromatic N) is 1. The maximum atomic E-state index is 12.8. The second-order valence-electron chi connectivity index (χ2n) is 6.64. The molecule has 0 aliphatic carbocycles. The lowest BCUT2D eigenvalue weighted by atomic mass is 10.1. The van der Waals surface area contributed by atoms with Gasteiger partial charge >= 0.3 is 0 Å². The number of nitrogens with one attached hydrogen (secondary N) is 1. The Morgan fingerprint density at radius 3 is 2.10 bits per heavy atom. The summed E-state index contributed by atoms with van der Waals surface area (Å²) in [5.41, 5.74) is 1.93. The van der Waals surface area contributed by atoms with Crippen molar-refractivity contribution in [2.45, 2.75) is 19.4 Å². The van der Waals surface area contributed by atoms with Crippen LogP contribution in [0, 0.1) is 0 Å². The van der Waals surface area contributed by atoms with Crippen molar-refractivity contribution in [3.63, 3.8) is 0 Å². The molecule has 1 N–H and O–H groups in total. The van der Waals surface area contributed by atoms with Crippen LogP contribution in [0.5, 0.6) is 0 Å². The Labute approximate surface area is 169 Å². The molecule has 29 heavy (non-hydrogen) atoms. The van der Waals surface area contributed by atoms with Crippen LogP contribution in [-0.4, -0.2) is 25.0 Å². The number of pyridine rings is 1. The van der Waals surface area contributed by atoms with Gasteiger partial charge < -0.3 is 9.36 Å². The highest BCUT2D eigenvalue weighted by atomic mass is 32.2. The molecule has 3 aromatic rings. The maximum Gasteiger partial charge on any atom is 0.275 e. The van der Waals surface area contributed by atoms with Gasteiger partial charge in [0.1, 0.15) is 12.0 Å². The summed E-state index contributed by atoms with van der Waals surface area (Å²) in [6, 6.07) is 21.9. The Hall–Kier alpha value is -3.19. The van der Waals surface area contributed by atoms with Gasteiger partial charge in [-0.15, -0.1) is 0 Å². The van der Waals surface area contributed by atoms with Gasteiger partial charge in [-0.1, -0.05) is 60.7 Å². The summed E-state index contributed by atoms with van der Waals surface area (Å²) in [7, 11) is -3.71. The van der Waals surface area contributed by atoms with Gasteiger partial charge in [-0.05, 0) is 29.7 Å². The number of aryl methyl sites for hydroxylation is 1. The summed E-state index contributed by atoms with van der Waals surface area (Å²) in [6.07, 6.45) is 1.43. The number of rotatable bonds is 9. The lowest BCUT2D eigenvalue weighted by Gasteiger charge is -2.14. The first-order valence-corrected chi connectivity index (χ1v) is 10.9. The number of aromatic nitrogens is 1. The first kappa shape index (κ1) is 20.5. The quantitative estimate of drug-likeness (QED) is 0.550. The van der Waals surface area contributed by atoms with Gasteiger partial charge in [0, 0.05) is 12.1 Å². The van der Waals surface area contributed by atoms with Gasteiger partial charge in [-0.3, -0.25) is 9.52 Å². The molecular formula is C22H22N2O4S. The lowest BCUT2D eigenvalue weighted by Crippen LogP contribution is -2.29. The number of hydrogen-bond acceptors (Lipinski definition) is 4. The first-order valence-electron chi connectivity index (χ1n) is 9.23. The zero-order chi connectivity index (χ0) is 20.7. The van der Waals surface area contributed by atoms with E-state index >= 15 is 0 Å². The number of carbonyl (C=O) groups excluding carboxylic acids is 1. The summed E-state index contributed by atoms with van der Waals surface area (Å²) in [6.45, 7) is -0.138. The highest BCUT2D eigenvalue weighted by Gasteiger charge is 2.16. The molecule has 0 saturated carbocycles. The summed E-state index contributed by atoms with van der Waals surface area (Å²) >= 11 is 0. The van der Waals surface area contributed by atoms with E-state index in [1.165, 1.54) is 10.6 Å². The van der Waals surface area contributed by atoms with Crippen LogP contribution >= 0.6 is 0 Å². The van der Waals surface area contributed by atoms with Crippen LogP contribution in [0.2, 0.25) is 0 Å². The number of anilines is 1. The number of aldehydes is 1. The van der Waals surface area contributed by atoms with Crippen LogP contribution in [0.3, 0.4) is 0 Å². The molecule has 0 spiro atoms. The molecule has 0 amide bonds. The summed E-state index contributed by atoms with van der Waals surface area (Å²) in [5.74, 6) is -0.143. The molecule has 3 rings (SSSR count). The van der Waals surface area contributed by atoms with E-state index in [1.807, 2.05) is 60.7 Å². The van der Waals surface area contributed by atoms with Crippen molar-refractivity contribution in [1.82, 2.24) is 4.57 Å². The molecule has 2 aromatic carbocycles. The maximum absolute atomic E-state index is 12.8. The van der Waals surface area contributed by atoms with E-state index in [1.54, 1.807) is 6.07 Å². The minimum absolute atomic E-state index is 0.0586. The second-order valence-corrected chi connectivity index (χ2v) is 8.48. The molecule has 0 saturated heterocycles. The molecule has 7 heteroatoms. The third-order valence-electron chi connectivity index (χ3n) is 4.52. The van der Waals surface area contributed by atoms with Crippen molar-refractivity contribution in [3.05, 3.63) is 100.0 Å². The molecule has 6 nitrogen and oxygen atoms in total. The second kappa shape index (κ2) is 9.34. The van der Waals surface area contributed by atoms with E-state index in [4.69, 9.17) is 0 Å². The van der Waals surface area contributed by atoms with Crippen LogP contribution < -0.4 is 10.3 Å². The molecule has 150 valence electrons. The molecule has 0 bridgehead atoms. The fourth-order valence-electron chi connectivity index (χ4n) is 3.04. The molecule has 1 heterocycles. The van der Waals surface area contributed by atoms with E-state index in [0.29, 0.717) is 24.8 Å². The van der Waals surface area contributed by atoms with Gasteiger partial charge in [0.15, 0.2) is 0 Å². The minimum Gasteiger partial charge on any atom is -0.303 e. The van der Waals surface area contributed by atoms with Crippen LogP contribution in [-0.2, 0) is 34.2 Å². The monoisotopic (exact) mass is 410 g/mol. The van der Waals surface area contributed by atoms with E-state index < -0.39 is 15.6 Å². The Morgan fingerprint density at radius 2 is 1.48 bits per heavy atom. The molecule has 1 aromatic heterocycles. The van der Waals surface area contributed by atoms with Gasteiger partial charge in [0.05, 0.1) is 12.3 Å². The standard InChI is InChI=1S/C22H22N2O4S/c25-15-14-24-20(17-19-9-5-2-6-10-19)11-12-21(22(24)26)23-29(27,28)16-13-18-7-3-1-4-8-18/h1-12,15,23H,13-14,16-17H2. The molecule has 0 aliphatic heterocycles. The fourth-order valence-corrected chi connectivity index (χ4v) is 4.14. The fraction of sp³-hybridized carbons (Fsp3) is 0.182. The number of benzene rings is 2. The molecule has 0 atom stereocenters. The SMILES string of the molecule is O=CCn1c(Cc2ccccc2)ccc(NS(=O)(=O)CCc2ccccc2)c1=O. The average Bonchev–Trinajstić information content (AvgIpc) is 2.73. The predicted molar refractivity (Wildman–Crippen MR) is 114 cm³/mol. The molecule has 0 unspecified atom stereocenters. The topological polar surface area (TPSA) is 85.2 Å². The van der Waals surface area contributed by atoms with Crippen LogP contribution in [0.15, 0.2) is 77.6 Å². The van der Waals surface area contributed by atoms with Crippen molar-refractivity contribution < 1.29 is 13.2 Å². The van der Waals surface area contributed by atoms with Crippen LogP contribution in [0.4, 0.5) is 5.69 Å². The van der Waals surface area contributed by atoms with Gasteiger partial charge in [-0.25, -0.2) is 8.42 Å². The number of carbonyl (C=O) groups is 1. The number of sulfonamides is 1. The largest absolute Gasteiger partial charge is 0.303 e. The summed E-state index contributed by atoms with van der Waals surface area (Å²) in [4.78, 5) is 23.9.